The van der Waals surface area contributed by atoms with Gasteiger partial charge in [0.25, 0.3) is 0 Å². The molecule has 0 radical (unpaired) electrons. The molecule has 0 saturated carbocycles. The molecule has 0 N–H and O–H groups in total. The normalized spacial score (nSPS) is 19.4. The third-order valence-corrected chi connectivity index (χ3v) is 3.86. The van der Waals surface area contributed by atoms with Crippen LogP contribution in [0.4, 0.5) is 0 Å². The molecule has 0 aromatic carbocycles. The number of hydrogen-bond acceptors (Lipinski definition) is 3. The van der Waals surface area contributed by atoms with Gasteiger partial charge in [0.15, 0.2) is 5.78 Å². The number of rotatable bonds is 5. The van der Waals surface area contributed by atoms with Crippen LogP contribution < -0.4 is 0 Å². The summed E-state index contributed by atoms with van der Waals surface area (Å²) in [5.74, 6) is 0.0276. The van der Waals surface area contributed by atoms with Crippen molar-refractivity contribution in [2.75, 3.05) is 6.54 Å². The number of carbonyl (C=O) groups is 1. The lowest BCUT2D eigenvalue weighted by Crippen LogP contribution is -2.18. The van der Waals surface area contributed by atoms with E-state index >= 15 is 0 Å². The lowest BCUT2D eigenvalue weighted by Gasteiger charge is -2.12. The highest BCUT2D eigenvalue weighted by Crippen LogP contribution is 2.16. The second kappa shape index (κ2) is 7.70. The Morgan fingerprint density at radius 1 is 1.48 bits per heavy atom. The zero-order valence-corrected chi connectivity index (χ0v) is 13.1. The summed E-state index contributed by atoms with van der Waals surface area (Å²) in [6.07, 6.45) is 14.0. The van der Waals surface area contributed by atoms with Crippen molar-refractivity contribution in [1.29, 1.82) is 0 Å². The molecule has 3 heteroatoms. The van der Waals surface area contributed by atoms with E-state index in [2.05, 4.69) is 4.99 Å². The molecular weight excluding hydrogens is 278 g/mol. The van der Waals surface area contributed by atoms with Gasteiger partial charge in [-0.15, -0.1) is 0 Å². The summed E-state index contributed by atoms with van der Waals surface area (Å²) >= 11 is 1.55. The summed E-state index contributed by atoms with van der Waals surface area (Å²) in [4.78, 5) is 16.7. The molecule has 1 aliphatic rings. The van der Waals surface area contributed by atoms with Gasteiger partial charge in [-0.2, -0.15) is 11.3 Å². The van der Waals surface area contributed by atoms with E-state index in [-0.39, 0.29) is 11.7 Å². The van der Waals surface area contributed by atoms with Crippen LogP contribution in [0, 0.1) is 5.92 Å². The van der Waals surface area contributed by atoms with Gasteiger partial charge in [0.2, 0.25) is 0 Å². The molecule has 1 aromatic heterocycles. The third kappa shape index (κ3) is 4.50. The highest BCUT2D eigenvalue weighted by atomic mass is 32.1. The van der Waals surface area contributed by atoms with Crippen molar-refractivity contribution < 1.29 is 4.79 Å². The highest BCUT2D eigenvalue weighted by Gasteiger charge is 2.19. The molecule has 1 unspecified atom stereocenters. The first-order chi connectivity index (χ1) is 10.2. The van der Waals surface area contributed by atoms with E-state index in [0.29, 0.717) is 6.54 Å². The van der Waals surface area contributed by atoms with Gasteiger partial charge in [-0.05, 0) is 37.4 Å². The quantitative estimate of drug-likeness (QED) is 0.575. The zero-order valence-electron chi connectivity index (χ0n) is 12.3. The van der Waals surface area contributed by atoms with Crippen LogP contribution in [0.15, 0.2) is 69.9 Å². The molecule has 2 rings (SSSR count). The molecule has 1 aromatic rings. The Kier molecular flexibility index (Phi) is 5.64. The van der Waals surface area contributed by atoms with Gasteiger partial charge in [-0.1, -0.05) is 36.0 Å². The second-order valence-electron chi connectivity index (χ2n) is 4.88. The molecule has 0 aliphatic carbocycles. The molecule has 108 valence electrons. The van der Waals surface area contributed by atoms with E-state index in [1.165, 1.54) is 5.57 Å². The fourth-order valence-electron chi connectivity index (χ4n) is 1.95. The van der Waals surface area contributed by atoms with Crippen LogP contribution in [0.2, 0.25) is 0 Å². The molecule has 2 heterocycles. The van der Waals surface area contributed by atoms with Crippen molar-refractivity contribution in [2.45, 2.75) is 13.8 Å². The van der Waals surface area contributed by atoms with Gasteiger partial charge >= 0.3 is 0 Å². The van der Waals surface area contributed by atoms with Crippen molar-refractivity contribution in [3.63, 3.8) is 0 Å². The van der Waals surface area contributed by atoms with E-state index in [1.807, 2.05) is 73.2 Å². The molecule has 1 atom stereocenters. The highest BCUT2D eigenvalue weighted by molar-refractivity contribution is 7.08. The summed E-state index contributed by atoms with van der Waals surface area (Å²) in [5, 5.41) is 3.82. The Balaban J connectivity index is 1.96. The summed E-state index contributed by atoms with van der Waals surface area (Å²) < 4.78 is 0. The minimum atomic E-state index is -0.128. The first-order valence-electron chi connectivity index (χ1n) is 6.97. The number of aliphatic imine (C=N–C) groups is 1. The smallest absolute Gasteiger partial charge is 0.172 e. The SMILES string of the molecule is C\C=C/C=C(C)/C=C/C1=NCC(C(=O)c2ccsc2)C=C1. The number of allylic oxidation sites excluding steroid dienone is 7. The molecule has 1 aliphatic heterocycles. The molecule has 21 heavy (non-hydrogen) atoms. The van der Waals surface area contributed by atoms with Crippen molar-refractivity contribution >= 4 is 22.8 Å². The van der Waals surface area contributed by atoms with E-state index in [4.69, 9.17) is 0 Å². The number of Topliss-reactive ketones (excluding diaryl/α,β-unsaturated/α-hetero) is 1. The molecule has 0 bridgehead atoms. The van der Waals surface area contributed by atoms with Crippen LogP contribution >= 0.6 is 11.3 Å². The van der Waals surface area contributed by atoms with E-state index in [9.17, 15) is 4.79 Å². The van der Waals surface area contributed by atoms with Gasteiger partial charge in [-0.25, -0.2) is 0 Å². The van der Waals surface area contributed by atoms with Crippen molar-refractivity contribution in [1.82, 2.24) is 0 Å². The van der Waals surface area contributed by atoms with Crippen LogP contribution in [0.5, 0.6) is 0 Å². The number of thiophene rings is 1. The molecule has 2 nitrogen and oxygen atoms in total. The van der Waals surface area contributed by atoms with E-state index in [0.717, 1.165) is 11.3 Å². The number of carbonyl (C=O) groups excluding carboxylic acids is 1. The monoisotopic (exact) mass is 297 g/mol. The Bertz CT molecular complexity index is 630. The number of nitrogens with zero attached hydrogens (tertiary/aromatic N) is 1. The number of hydrogen-bond donors (Lipinski definition) is 0. The number of ketones is 1. The van der Waals surface area contributed by atoms with Crippen LogP contribution in [-0.4, -0.2) is 18.0 Å². The number of dihydropyridines is 1. The van der Waals surface area contributed by atoms with E-state index < -0.39 is 0 Å². The maximum absolute atomic E-state index is 12.2. The van der Waals surface area contributed by atoms with Crippen LogP contribution in [0.3, 0.4) is 0 Å². The summed E-state index contributed by atoms with van der Waals surface area (Å²) in [7, 11) is 0. The van der Waals surface area contributed by atoms with Crippen LogP contribution in [-0.2, 0) is 0 Å². The van der Waals surface area contributed by atoms with Gasteiger partial charge in [-0.3, -0.25) is 9.79 Å². The fourth-order valence-corrected chi connectivity index (χ4v) is 2.59. The summed E-state index contributed by atoms with van der Waals surface area (Å²) in [5.41, 5.74) is 2.87. The average molecular weight is 297 g/mol. The molecule has 0 fully saturated rings. The topological polar surface area (TPSA) is 29.4 Å². The molecule has 0 saturated heterocycles. The molecular formula is C18H19NOS. The maximum Gasteiger partial charge on any atom is 0.172 e. The third-order valence-electron chi connectivity index (χ3n) is 3.18. The molecule has 0 amide bonds. The van der Waals surface area contributed by atoms with Crippen LogP contribution in [0.25, 0.3) is 0 Å². The minimum absolute atomic E-state index is 0.128. The first-order valence-corrected chi connectivity index (χ1v) is 7.91. The molecule has 0 spiro atoms. The Labute approximate surface area is 129 Å². The predicted molar refractivity (Wildman–Crippen MR) is 91.3 cm³/mol. The Hall–Kier alpha value is -2.00. The van der Waals surface area contributed by atoms with Gasteiger partial charge in [0.1, 0.15) is 0 Å². The first kappa shape index (κ1) is 15.4. The lowest BCUT2D eigenvalue weighted by atomic mass is 9.97. The average Bonchev–Trinajstić information content (AvgIpc) is 3.05. The minimum Gasteiger partial charge on any atom is -0.293 e. The van der Waals surface area contributed by atoms with Crippen molar-refractivity contribution in [2.24, 2.45) is 10.9 Å². The summed E-state index contributed by atoms with van der Waals surface area (Å²) in [6, 6.07) is 1.87. The second-order valence-corrected chi connectivity index (χ2v) is 5.66. The van der Waals surface area contributed by atoms with E-state index in [1.54, 1.807) is 11.3 Å². The largest absolute Gasteiger partial charge is 0.293 e. The zero-order chi connectivity index (χ0) is 15.1. The Morgan fingerprint density at radius 2 is 2.33 bits per heavy atom. The Morgan fingerprint density at radius 3 is 2.95 bits per heavy atom. The van der Waals surface area contributed by atoms with Crippen molar-refractivity contribution in [3.8, 4) is 0 Å². The summed E-state index contributed by atoms with van der Waals surface area (Å²) in [6.45, 7) is 4.57. The maximum atomic E-state index is 12.2. The standard InChI is InChI=1S/C18H19NOS/c1-3-4-5-14(2)6-8-17-9-7-15(12-19-17)18(20)16-10-11-21-13-16/h3-11,13,15H,12H2,1-2H3/b4-3-,8-6+,14-5+. The van der Waals surface area contributed by atoms with Gasteiger partial charge < -0.3 is 0 Å². The van der Waals surface area contributed by atoms with Gasteiger partial charge in [0.05, 0.1) is 18.2 Å². The van der Waals surface area contributed by atoms with Crippen molar-refractivity contribution in [3.05, 3.63) is 70.5 Å². The van der Waals surface area contributed by atoms with Gasteiger partial charge in [0, 0.05) is 10.9 Å². The predicted octanol–water partition coefficient (Wildman–Crippen LogP) is 4.64. The fraction of sp³-hybridized carbons (Fsp3) is 0.222. The van der Waals surface area contributed by atoms with Crippen LogP contribution in [0.1, 0.15) is 24.2 Å². The lowest BCUT2D eigenvalue weighted by molar-refractivity contribution is 0.0949.